The zero-order chi connectivity index (χ0) is 15.8. The maximum atomic E-state index is 13.6. The molecule has 0 atom stereocenters. The quantitative estimate of drug-likeness (QED) is 0.603. The van der Waals surface area contributed by atoms with Gasteiger partial charge in [0.2, 0.25) is 0 Å². The molecule has 0 fully saturated rings. The van der Waals surface area contributed by atoms with Crippen molar-refractivity contribution in [1.29, 1.82) is 0 Å². The Kier molecular flexibility index (Phi) is 4.51. The zero-order valence-corrected chi connectivity index (χ0v) is 13.8. The Morgan fingerprint density at radius 2 is 2.05 bits per heavy atom. The number of benzene rings is 1. The highest BCUT2D eigenvalue weighted by atomic mass is 79.9. The lowest BCUT2D eigenvalue weighted by Gasteiger charge is -2.07. The molecule has 0 radical (unpaired) electrons. The second-order valence-electron chi connectivity index (χ2n) is 3.71. The number of nitro groups is 1. The largest absolute Gasteiger partial charge is 0.300 e. The predicted molar refractivity (Wildman–Crippen MR) is 80.9 cm³/mol. The topological polar surface area (TPSA) is 89.3 Å². The van der Waals surface area contributed by atoms with Crippen LogP contribution in [0.15, 0.2) is 32.9 Å². The summed E-state index contributed by atoms with van der Waals surface area (Å²) in [6.07, 6.45) is 0. The Labute approximate surface area is 135 Å². The molecule has 112 valence electrons. The van der Waals surface area contributed by atoms with Gasteiger partial charge in [-0.3, -0.25) is 14.8 Å². The van der Waals surface area contributed by atoms with Crippen LogP contribution in [0.3, 0.4) is 0 Å². The molecule has 0 saturated carbocycles. The van der Waals surface area contributed by atoms with Crippen molar-refractivity contribution in [2.24, 2.45) is 0 Å². The van der Waals surface area contributed by atoms with E-state index in [4.69, 9.17) is 11.6 Å². The standard InChI is InChI=1S/C10H5BrClFN2O4S2/c11-5-1-2-7(6(13)3-5)14-21(18,19)9-4-8(15(16)17)10(12)20-9/h1-4,14H. The maximum absolute atomic E-state index is 13.6. The van der Waals surface area contributed by atoms with Crippen molar-refractivity contribution >= 4 is 60.3 Å². The minimum atomic E-state index is -4.16. The zero-order valence-electron chi connectivity index (χ0n) is 9.84. The van der Waals surface area contributed by atoms with Gasteiger partial charge in [-0.15, -0.1) is 11.3 Å². The number of sulfonamides is 1. The van der Waals surface area contributed by atoms with Crippen LogP contribution in [0.1, 0.15) is 0 Å². The fourth-order valence-electron chi connectivity index (χ4n) is 1.36. The van der Waals surface area contributed by atoms with Gasteiger partial charge in [-0.2, -0.15) is 0 Å². The molecule has 1 N–H and O–H groups in total. The van der Waals surface area contributed by atoms with Crippen molar-refractivity contribution in [2.75, 3.05) is 4.72 Å². The number of nitrogens with one attached hydrogen (secondary N) is 1. The second kappa shape index (κ2) is 5.87. The highest BCUT2D eigenvalue weighted by Gasteiger charge is 2.26. The summed E-state index contributed by atoms with van der Waals surface area (Å²) in [5.74, 6) is -0.787. The molecule has 0 unspecified atom stereocenters. The van der Waals surface area contributed by atoms with E-state index in [1.165, 1.54) is 12.1 Å². The molecule has 0 spiro atoms. The van der Waals surface area contributed by atoms with Crippen LogP contribution in [0, 0.1) is 15.9 Å². The number of halogens is 3. The fraction of sp³-hybridized carbons (Fsp3) is 0. The Balaban J connectivity index is 2.38. The molecule has 2 rings (SSSR count). The number of nitrogens with zero attached hydrogens (tertiary/aromatic N) is 1. The summed E-state index contributed by atoms with van der Waals surface area (Å²) < 4.78 is 39.6. The molecule has 0 aliphatic carbocycles. The summed E-state index contributed by atoms with van der Waals surface area (Å²) in [6, 6.07) is 4.58. The first-order valence-corrected chi connectivity index (χ1v) is 8.59. The van der Waals surface area contributed by atoms with E-state index in [1.54, 1.807) is 0 Å². The van der Waals surface area contributed by atoms with Crippen molar-refractivity contribution in [3.8, 4) is 0 Å². The van der Waals surface area contributed by atoms with Gasteiger partial charge in [-0.05, 0) is 18.2 Å². The first-order chi connectivity index (χ1) is 9.70. The van der Waals surface area contributed by atoms with Gasteiger partial charge in [0, 0.05) is 10.5 Å². The number of thiophene rings is 1. The molecular weight excluding hydrogens is 411 g/mol. The summed E-state index contributed by atoms with van der Waals surface area (Å²) in [4.78, 5) is 9.87. The third-order valence-electron chi connectivity index (χ3n) is 2.28. The summed E-state index contributed by atoms with van der Waals surface area (Å²) in [5, 5.41) is 10.7. The summed E-state index contributed by atoms with van der Waals surface area (Å²) in [5.41, 5.74) is -0.788. The second-order valence-corrected chi connectivity index (χ2v) is 8.19. The van der Waals surface area contributed by atoms with E-state index in [9.17, 15) is 22.9 Å². The van der Waals surface area contributed by atoms with Gasteiger partial charge in [0.05, 0.1) is 10.6 Å². The molecule has 1 aromatic carbocycles. The number of rotatable bonds is 4. The molecule has 0 aliphatic rings. The van der Waals surface area contributed by atoms with E-state index in [0.717, 1.165) is 12.1 Å². The van der Waals surface area contributed by atoms with Gasteiger partial charge in [0.1, 0.15) is 10.0 Å². The molecule has 6 nitrogen and oxygen atoms in total. The highest BCUT2D eigenvalue weighted by molar-refractivity contribution is 9.10. The Morgan fingerprint density at radius 1 is 1.38 bits per heavy atom. The van der Waals surface area contributed by atoms with E-state index in [0.29, 0.717) is 15.8 Å². The van der Waals surface area contributed by atoms with E-state index >= 15 is 0 Å². The SMILES string of the molecule is O=[N+]([O-])c1cc(S(=O)(=O)Nc2ccc(Br)cc2F)sc1Cl. The van der Waals surface area contributed by atoms with Gasteiger partial charge in [0.15, 0.2) is 4.34 Å². The molecule has 0 saturated heterocycles. The van der Waals surface area contributed by atoms with Gasteiger partial charge in [-0.1, -0.05) is 27.5 Å². The molecular formula is C10H5BrClFN2O4S2. The molecule has 11 heteroatoms. The molecule has 2 aromatic rings. The summed E-state index contributed by atoms with van der Waals surface area (Å²) >= 11 is 9.17. The predicted octanol–water partition coefficient (Wildman–Crippen LogP) is 4.01. The third-order valence-corrected chi connectivity index (χ3v) is 5.95. The van der Waals surface area contributed by atoms with Crippen LogP contribution in [0.25, 0.3) is 0 Å². The van der Waals surface area contributed by atoms with E-state index in [2.05, 4.69) is 15.9 Å². The van der Waals surface area contributed by atoms with Crippen LogP contribution in [0.5, 0.6) is 0 Å². The van der Waals surface area contributed by atoms with Crippen molar-refractivity contribution in [3.63, 3.8) is 0 Å². The van der Waals surface area contributed by atoms with Crippen LogP contribution < -0.4 is 4.72 Å². The molecule has 1 aromatic heterocycles. The normalized spacial score (nSPS) is 11.4. The molecule has 21 heavy (non-hydrogen) atoms. The first kappa shape index (κ1) is 16.1. The van der Waals surface area contributed by atoms with Gasteiger partial charge in [0.25, 0.3) is 15.7 Å². The summed E-state index contributed by atoms with van der Waals surface area (Å²) in [6.45, 7) is 0. The lowest BCUT2D eigenvalue weighted by atomic mass is 10.3. The highest BCUT2D eigenvalue weighted by Crippen LogP contribution is 2.37. The van der Waals surface area contributed by atoms with Crippen LogP contribution in [0.4, 0.5) is 15.8 Å². The van der Waals surface area contributed by atoms with Crippen molar-refractivity contribution in [1.82, 2.24) is 0 Å². The van der Waals surface area contributed by atoms with E-state index < -0.39 is 26.5 Å². The molecule has 0 bridgehead atoms. The van der Waals surface area contributed by atoms with Crippen LogP contribution in [0.2, 0.25) is 4.34 Å². The number of anilines is 1. The smallest absolute Gasteiger partial charge is 0.276 e. The molecule has 0 aliphatic heterocycles. The fourth-order valence-corrected chi connectivity index (χ4v) is 4.43. The Bertz CT molecular complexity index is 824. The minimum Gasteiger partial charge on any atom is -0.276 e. The first-order valence-electron chi connectivity index (χ1n) is 5.12. The lowest BCUT2D eigenvalue weighted by Crippen LogP contribution is -2.12. The molecule has 0 amide bonds. The van der Waals surface area contributed by atoms with E-state index in [1.807, 2.05) is 4.72 Å². The Morgan fingerprint density at radius 3 is 2.57 bits per heavy atom. The minimum absolute atomic E-state index is 0.267. The Hall–Kier alpha value is -1.23. The van der Waals surface area contributed by atoms with Crippen molar-refractivity contribution < 1.29 is 17.7 Å². The van der Waals surface area contributed by atoms with Crippen LogP contribution >= 0.6 is 38.9 Å². The summed E-state index contributed by atoms with van der Waals surface area (Å²) in [7, 11) is -4.16. The van der Waals surface area contributed by atoms with Gasteiger partial charge < -0.3 is 0 Å². The monoisotopic (exact) mass is 414 g/mol. The maximum Gasteiger partial charge on any atom is 0.300 e. The molecule has 1 heterocycles. The lowest BCUT2D eigenvalue weighted by molar-refractivity contribution is -0.384. The average molecular weight is 416 g/mol. The van der Waals surface area contributed by atoms with Gasteiger partial charge >= 0.3 is 0 Å². The number of hydrogen-bond donors (Lipinski definition) is 1. The van der Waals surface area contributed by atoms with Crippen molar-refractivity contribution in [2.45, 2.75) is 4.21 Å². The van der Waals surface area contributed by atoms with Crippen LogP contribution in [-0.4, -0.2) is 13.3 Å². The average Bonchev–Trinajstić information content (AvgIpc) is 2.76. The third kappa shape index (κ3) is 3.51. The van der Waals surface area contributed by atoms with Gasteiger partial charge in [-0.25, -0.2) is 12.8 Å². The van der Waals surface area contributed by atoms with Crippen LogP contribution in [-0.2, 0) is 10.0 Å². The number of hydrogen-bond acceptors (Lipinski definition) is 5. The van der Waals surface area contributed by atoms with E-state index in [-0.39, 0.29) is 14.2 Å². The van der Waals surface area contributed by atoms with Crippen molar-refractivity contribution in [3.05, 3.63) is 49.0 Å².